The molecule has 3 rings (SSSR count). The lowest BCUT2D eigenvalue weighted by Gasteiger charge is -2.18. The van der Waals surface area contributed by atoms with E-state index in [2.05, 4.69) is 10.2 Å². The highest BCUT2D eigenvalue weighted by atomic mass is 32.2. The predicted molar refractivity (Wildman–Crippen MR) is 108 cm³/mol. The van der Waals surface area contributed by atoms with Crippen molar-refractivity contribution in [2.75, 3.05) is 31.4 Å². The minimum atomic E-state index is -0.228. The topological polar surface area (TPSA) is 101 Å². The van der Waals surface area contributed by atoms with Crippen molar-refractivity contribution in [3.63, 3.8) is 0 Å². The van der Waals surface area contributed by atoms with E-state index in [-0.39, 0.29) is 23.4 Å². The van der Waals surface area contributed by atoms with Crippen molar-refractivity contribution in [3.8, 4) is 29.0 Å². The second-order valence-corrected chi connectivity index (χ2v) is 6.63. The van der Waals surface area contributed by atoms with E-state index in [9.17, 15) is 4.79 Å². The summed E-state index contributed by atoms with van der Waals surface area (Å²) in [6, 6.07) is 16.3. The van der Waals surface area contributed by atoms with Crippen molar-refractivity contribution in [2.45, 2.75) is 5.22 Å². The van der Waals surface area contributed by atoms with Crippen LogP contribution in [0.1, 0.15) is 0 Å². The highest BCUT2D eigenvalue weighted by Crippen LogP contribution is 2.32. The standard InChI is InChI=1S/C20H18N4O4S/c1-26-16-9-8-14(12-17(16)27-2)19-22-23-20(28-19)29-13-18(25)24(11-10-21)15-6-4-3-5-7-15/h3-9,12H,11,13H2,1-2H3. The van der Waals surface area contributed by atoms with E-state index in [4.69, 9.17) is 19.2 Å². The molecule has 8 nitrogen and oxygen atoms in total. The van der Waals surface area contributed by atoms with E-state index in [1.165, 1.54) is 4.90 Å². The quantitative estimate of drug-likeness (QED) is 0.411. The van der Waals surface area contributed by atoms with Gasteiger partial charge in [-0.1, -0.05) is 30.0 Å². The van der Waals surface area contributed by atoms with Gasteiger partial charge in [0, 0.05) is 11.3 Å². The van der Waals surface area contributed by atoms with Crippen LogP contribution >= 0.6 is 11.8 Å². The minimum Gasteiger partial charge on any atom is -0.493 e. The number of rotatable bonds is 8. The van der Waals surface area contributed by atoms with Gasteiger partial charge in [-0.15, -0.1) is 10.2 Å². The van der Waals surface area contributed by atoms with Crippen molar-refractivity contribution in [3.05, 3.63) is 48.5 Å². The lowest BCUT2D eigenvalue weighted by molar-refractivity contribution is -0.116. The number of nitriles is 1. The Morgan fingerprint density at radius 3 is 2.59 bits per heavy atom. The fraction of sp³-hybridized carbons (Fsp3) is 0.200. The molecule has 2 aromatic carbocycles. The van der Waals surface area contributed by atoms with Crippen molar-refractivity contribution >= 4 is 23.4 Å². The van der Waals surface area contributed by atoms with Gasteiger partial charge >= 0.3 is 0 Å². The zero-order valence-corrected chi connectivity index (χ0v) is 16.7. The number of aromatic nitrogens is 2. The molecule has 0 aliphatic heterocycles. The average molecular weight is 410 g/mol. The molecule has 9 heteroatoms. The molecule has 0 saturated heterocycles. The lowest BCUT2D eigenvalue weighted by Crippen LogP contribution is -2.32. The number of nitrogens with zero attached hydrogens (tertiary/aromatic N) is 4. The van der Waals surface area contributed by atoms with Crippen LogP contribution in [0.2, 0.25) is 0 Å². The fourth-order valence-corrected chi connectivity index (χ4v) is 3.20. The van der Waals surface area contributed by atoms with Gasteiger partial charge in [-0.05, 0) is 30.3 Å². The number of ether oxygens (including phenoxy) is 2. The van der Waals surface area contributed by atoms with Gasteiger partial charge < -0.3 is 13.9 Å². The molecule has 0 aliphatic rings. The number of benzene rings is 2. The van der Waals surface area contributed by atoms with Crippen molar-refractivity contribution < 1.29 is 18.7 Å². The van der Waals surface area contributed by atoms with Crippen LogP contribution in [0.15, 0.2) is 58.2 Å². The smallest absolute Gasteiger partial charge is 0.277 e. The molecular formula is C20H18N4O4S. The number of carbonyl (C=O) groups is 1. The Morgan fingerprint density at radius 2 is 1.90 bits per heavy atom. The van der Waals surface area contributed by atoms with Crippen LogP contribution in [0.25, 0.3) is 11.5 Å². The van der Waals surface area contributed by atoms with Crippen LogP contribution in [0.4, 0.5) is 5.69 Å². The highest BCUT2D eigenvalue weighted by molar-refractivity contribution is 7.99. The zero-order chi connectivity index (χ0) is 20.6. The Morgan fingerprint density at radius 1 is 1.14 bits per heavy atom. The minimum absolute atomic E-state index is 0.0376. The second-order valence-electron chi connectivity index (χ2n) is 5.71. The Bertz CT molecular complexity index is 1020. The third-order valence-electron chi connectivity index (χ3n) is 3.95. The summed E-state index contributed by atoms with van der Waals surface area (Å²) in [6.07, 6.45) is 0. The molecule has 3 aromatic rings. The Kier molecular flexibility index (Phi) is 6.71. The SMILES string of the molecule is COc1ccc(-c2nnc(SCC(=O)N(CC#N)c3ccccc3)o2)cc1OC. The van der Waals surface area contributed by atoms with Crippen molar-refractivity contribution in [2.24, 2.45) is 0 Å². The Labute approximate surface area is 172 Å². The van der Waals surface area contributed by atoms with Gasteiger partial charge in [-0.3, -0.25) is 9.69 Å². The first-order valence-corrected chi connectivity index (χ1v) is 9.56. The van der Waals surface area contributed by atoms with Gasteiger partial charge in [0.1, 0.15) is 6.54 Å². The van der Waals surface area contributed by atoms with Gasteiger partial charge in [0.25, 0.3) is 5.22 Å². The number of anilines is 1. The number of methoxy groups -OCH3 is 2. The average Bonchev–Trinajstić information content (AvgIpc) is 3.25. The summed E-state index contributed by atoms with van der Waals surface area (Å²) in [4.78, 5) is 14.0. The summed E-state index contributed by atoms with van der Waals surface area (Å²) in [5, 5.41) is 17.3. The number of para-hydroxylation sites is 1. The molecule has 0 spiro atoms. The van der Waals surface area contributed by atoms with E-state index < -0.39 is 0 Å². The summed E-state index contributed by atoms with van der Waals surface area (Å²) >= 11 is 1.11. The number of carbonyl (C=O) groups excluding carboxylic acids is 1. The molecule has 0 bridgehead atoms. The van der Waals surface area contributed by atoms with E-state index >= 15 is 0 Å². The predicted octanol–water partition coefficient (Wildman–Crippen LogP) is 3.40. The molecule has 0 radical (unpaired) electrons. The zero-order valence-electron chi connectivity index (χ0n) is 15.9. The Hall–Kier alpha value is -3.51. The summed E-state index contributed by atoms with van der Waals surface area (Å²) in [5.41, 5.74) is 1.33. The number of thioether (sulfide) groups is 1. The van der Waals surface area contributed by atoms with E-state index in [1.807, 2.05) is 24.3 Å². The van der Waals surface area contributed by atoms with Crippen LogP contribution in [-0.4, -0.2) is 42.6 Å². The number of hydrogen-bond donors (Lipinski definition) is 0. The largest absolute Gasteiger partial charge is 0.493 e. The van der Waals surface area contributed by atoms with E-state index in [0.29, 0.717) is 28.6 Å². The molecule has 1 heterocycles. The summed E-state index contributed by atoms with van der Waals surface area (Å²) in [5.74, 6) is 1.27. The molecule has 0 aliphatic carbocycles. The van der Waals surface area contributed by atoms with Gasteiger partial charge in [-0.2, -0.15) is 5.26 Å². The van der Waals surface area contributed by atoms with Crippen LogP contribution in [0, 0.1) is 11.3 Å². The maximum absolute atomic E-state index is 12.6. The fourth-order valence-electron chi connectivity index (χ4n) is 2.56. The van der Waals surface area contributed by atoms with Crippen LogP contribution in [-0.2, 0) is 4.79 Å². The number of amides is 1. The van der Waals surface area contributed by atoms with Gasteiger partial charge in [-0.25, -0.2) is 0 Å². The molecule has 0 atom stereocenters. The maximum atomic E-state index is 12.6. The highest BCUT2D eigenvalue weighted by Gasteiger charge is 2.18. The van der Waals surface area contributed by atoms with Crippen LogP contribution in [0.5, 0.6) is 11.5 Å². The molecule has 1 amide bonds. The van der Waals surface area contributed by atoms with Crippen LogP contribution in [0.3, 0.4) is 0 Å². The number of hydrogen-bond acceptors (Lipinski definition) is 8. The summed E-state index contributed by atoms with van der Waals surface area (Å²) in [7, 11) is 3.10. The molecule has 148 valence electrons. The molecule has 0 fully saturated rings. The molecule has 1 aromatic heterocycles. The van der Waals surface area contributed by atoms with Crippen molar-refractivity contribution in [1.82, 2.24) is 10.2 Å². The molecule has 0 saturated carbocycles. The van der Waals surface area contributed by atoms with Crippen LogP contribution < -0.4 is 14.4 Å². The monoisotopic (exact) mass is 410 g/mol. The van der Waals surface area contributed by atoms with Gasteiger partial charge in [0.15, 0.2) is 11.5 Å². The normalized spacial score (nSPS) is 10.2. The molecule has 0 unspecified atom stereocenters. The molecule has 0 N–H and O–H groups in total. The van der Waals surface area contributed by atoms with Crippen molar-refractivity contribution in [1.29, 1.82) is 5.26 Å². The second kappa shape index (κ2) is 9.61. The summed E-state index contributed by atoms with van der Waals surface area (Å²) in [6.45, 7) is -0.0376. The van der Waals surface area contributed by atoms with E-state index in [0.717, 1.165) is 11.8 Å². The van der Waals surface area contributed by atoms with E-state index in [1.54, 1.807) is 44.6 Å². The molecule has 29 heavy (non-hydrogen) atoms. The third kappa shape index (κ3) is 4.86. The molecular weight excluding hydrogens is 392 g/mol. The van der Waals surface area contributed by atoms with Gasteiger partial charge in [0.2, 0.25) is 11.8 Å². The third-order valence-corrected chi connectivity index (χ3v) is 4.76. The van der Waals surface area contributed by atoms with Gasteiger partial charge in [0.05, 0.1) is 26.0 Å². The first-order valence-electron chi connectivity index (χ1n) is 8.57. The first kappa shape index (κ1) is 20.2. The Balaban J connectivity index is 1.69. The lowest BCUT2D eigenvalue weighted by atomic mass is 10.2. The maximum Gasteiger partial charge on any atom is 0.277 e. The first-order chi connectivity index (χ1) is 14.2. The summed E-state index contributed by atoms with van der Waals surface area (Å²) < 4.78 is 16.1.